The quantitative estimate of drug-likeness (QED) is 0.416. The number of thioether (sulfide) groups is 1. The Morgan fingerprint density at radius 1 is 1.35 bits per heavy atom. The predicted octanol–water partition coefficient (Wildman–Crippen LogP) is 3.19. The fourth-order valence-electron chi connectivity index (χ4n) is 1.84. The van der Waals surface area contributed by atoms with Crippen molar-refractivity contribution in [2.24, 2.45) is 0 Å². The Balaban J connectivity index is 2.09. The fourth-order valence-corrected chi connectivity index (χ4v) is 2.76. The van der Waals surface area contributed by atoms with Crippen LogP contribution in [0.25, 0.3) is 11.1 Å². The maximum Gasteiger partial charge on any atom is 0.320 e. The van der Waals surface area contributed by atoms with Gasteiger partial charge >= 0.3 is 11.9 Å². The second-order valence-corrected chi connectivity index (χ2v) is 6.01. The first-order chi connectivity index (χ1) is 11.1. The number of oxazole rings is 1. The van der Waals surface area contributed by atoms with Gasteiger partial charge in [0.15, 0.2) is 5.58 Å². The minimum atomic E-state index is -0.743. The molecule has 0 aliphatic rings. The van der Waals surface area contributed by atoms with Crippen molar-refractivity contribution in [3.05, 3.63) is 24.3 Å². The summed E-state index contributed by atoms with van der Waals surface area (Å²) in [6, 6.07) is 7.30. The van der Waals surface area contributed by atoms with E-state index in [9.17, 15) is 9.59 Å². The third-order valence-corrected chi connectivity index (χ3v) is 4.12. The van der Waals surface area contributed by atoms with Crippen LogP contribution in [0.3, 0.4) is 0 Å². The molecule has 124 valence electrons. The van der Waals surface area contributed by atoms with Gasteiger partial charge in [-0.3, -0.25) is 9.59 Å². The highest BCUT2D eigenvalue weighted by Gasteiger charge is 2.27. The Bertz CT molecular complexity index is 636. The normalized spacial score (nSPS) is 12.1. The number of hydrogen-bond acceptors (Lipinski definition) is 7. The van der Waals surface area contributed by atoms with Crippen LogP contribution in [-0.4, -0.2) is 35.9 Å². The van der Waals surface area contributed by atoms with E-state index in [1.165, 1.54) is 7.11 Å². The van der Waals surface area contributed by atoms with Crippen LogP contribution in [0.5, 0.6) is 0 Å². The molecule has 0 aliphatic heterocycles. The number of esters is 2. The first-order valence-corrected chi connectivity index (χ1v) is 8.27. The van der Waals surface area contributed by atoms with Gasteiger partial charge in [-0.25, -0.2) is 4.98 Å². The van der Waals surface area contributed by atoms with E-state index in [1.807, 2.05) is 25.1 Å². The Hall–Kier alpha value is -2.02. The number of unbranched alkanes of at least 4 members (excludes halogenated alkanes) is 1. The number of carbonyl (C=O) groups is 2. The molecule has 2 rings (SSSR count). The lowest BCUT2D eigenvalue weighted by atomic mass is 10.3. The summed E-state index contributed by atoms with van der Waals surface area (Å²) in [6.45, 7) is 2.34. The molecule has 6 nitrogen and oxygen atoms in total. The summed E-state index contributed by atoms with van der Waals surface area (Å²) >= 11 is 1.07. The zero-order chi connectivity index (χ0) is 16.7. The van der Waals surface area contributed by atoms with E-state index in [4.69, 9.17) is 9.15 Å². The minimum Gasteiger partial charge on any atom is -0.469 e. The van der Waals surface area contributed by atoms with Crippen LogP contribution in [0.1, 0.15) is 26.2 Å². The number of rotatable bonds is 8. The molecule has 0 fully saturated rings. The molecular formula is C16H19NO5S. The van der Waals surface area contributed by atoms with Crippen LogP contribution in [0.2, 0.25) is 0 Å². The van der Waals surface area contributed by atoms with Crippen molar-refractivity contribution >= 4 is 34.8 Å². The molecule has 0 aliphatic carbocycles. The number of ether oxygens (including phenoxy) is 2. The number of fused-ring (bicyclic) bond motifs is 1. The van der Waals surface area contributed by atoms with Crippen molar-refractivity contribution in [2.75, 3.05) is 13.7 Å². The summed E-state index contributed by atoms with van der Waals surface area (Å²) < 4.78 is 15.4. The molecule has 0 N–H and O–H groups in total. The van der Waals surface area contributed by atoms with Crippen LogP contribution >= 0.6 is 11.8 Å². The molecule has 0 amide bonds. The number of methoxy groups -OCH3 is 1. The number of benzene rings is 1. The molecule has 7 heteroatoms. The van der Waals surface area contributed by atoms with E-state index in [0.717, 1.165) is 24.6 Å². The van der Waals surface area contributed by atoms with E-state index < -0.39 is 17.2 Å². The van der Waals surface area contributed by atoms with Gasteiger partial charge in [-0.1, -0.05) is 37.2 Å². The Kier molecular flexibility index (Phi) is 6.46. The van der Waals surface area contributed by atoms with Crippen LogP contribution in [0.4, 0.5) is 0 Å². The maximum absolute atomic E-state index is 12.2. The molecule has 1 aromatic heterocycles. The van der Waals surface area contributed by atoms with Gasteiger partial charge in [-0.2, -0.15) is 0 Å². The van der Waals surface area contributed by atoms with Gasteiger partial charge in [-0.05, 0) is 18.6 Å². The zero-order valence-electron chi connectivity index (χ0n) is 13.1. The summed E-state index contributed by atoms with van der Waals surface area (Å²) in [5.74, 6) is -0.942. The van der Waals surface area contributed by atoms with Crippen molar-refractivity contribution in [1.82, 2.24) is 4.98 Å². The summed E-state index contributed by atoms with van der Waals surface area (Å²) in [6.07, 6.45) is 1.61. The van der Waals surface area contributed by atoms with E-state index in [-0.39, 0.29) is 6.42 Å². The molecule has 0 bridgehead atoms. The number of nitrogens with zero attached hydrogens (tertiary/aromatic N) is 1. The molecule has 0 radical (unpaired) electrons. The highest BCUT2D eigenvalue weighted by Crippen LogP contribution is 2.29. The molecule has 0 spiro atoms. The molecule has 0 saturated carbocycles. The molecule has 1 aromatic carbocycles. The Morgan fingerprint density at radius 2 is 2.13 bits per heavy atom. The summed E-state index contributed by atoms with van der Waals surface area (Å²) in [7, 11) is 1.28. The first-order valence-electron chi connectivity index (χ1n) is 7.39. The second-order valence-electron chi connectivity index (χ2n) is 4.86. The Labute approximate surface area is 138 Å². The van der Waals surface area contributed by atoms with E-state index >= 15 is 0 Å². The largest absolute Gasteiger partial charge is 0.469 e. The number of hydrogen-bond donors (Lipinski definition) is 0. The zero-order valence-corrected chi connectivity index (χ0v) is 13.9. The molecule has 1 unspecified atom stereocenters. The van der Waals surface area contributed by atoms with Crippen molar-refractivity contribution < 1.29 is 23.5 Å². The van der Waals surface area contributed by atoms with Gasteiger partial charge in [-0.15, -0.1) is 0 Å². The lowest BCUT2D eigenvalue weighted by Crippen LogP contribution is -2.24. The van der Waals surface area contributed by atoms with Gasteiger partial charge in [0.25, 0.3) is 5.22 Å². The highest BCUT2D eigenvalue weighted by molar-refractivity contribution is 8.00. The van der Waals surface area contributed by atoms with Crippen molar-refractivity contribution in [3.8, 4) is 0 Å². The minimum absolute atomic E-state index is 0.0924. The first kappa shape index (κ1) is 17.3. The molecular weight excluding hydrogens is 318 g/mol. The van der Waals surface area contributed by atoms with E-state index in [1.54, 1.807) is 6.07 Å². The van der Waals surface area contributed by atoms with Gasteiger partial charge in [0.1, 0.15) is 10.8 Å². The van der Waals surface area contributed by atoms with Crippen LogP contribution in [-0.2, 0) is 19.1 Å². The summed E-state index contributed by atoms with van der Waals surface area (Å²) in [5, 5.41) is -0.417. The smallest absolute Gasteiger partial charge is 0.320 e. The molecule has 1 atom stereocenters. The van der Waals surface area contributed by atoms with Crippen LogP contribution < -0.4 is 0 Å². The molecule has 23 heavy (non-hydrogen) atoms. The van der Waals surface area contributed by atoms with Crippen molar-refractivity contribution in [2.45, 2.75) is 36.7 Å². The van der Waals surface area contributed by atoms with E-state index in [0.29, 0.717) is 22.9 Å². The second kappa shape index (κ2) is 8.57. The average Bonchev–Trinajstić information content (AvgIpc) is 2.96. The SMILES string of the molecule is CCCCOC(=O)C(CC(=O)OC)Sc1nc2ccccc2o1. The molecule has 1 heterocycles. The summed E-state index contributed by atoms with van der Waals surface area (Å²) in [5.41, 5.74) is 1.33. The van der Waals surface area contributed by atoms with Gasteiger partial charge in [0.05, 0.1) is 20.1 Å². The third kappa shape index (κ3) is 4.99. The Morgan fingerprint density at radius 3 is 2.83 bits per heavy atom. The highest BCUT2D eigenvalue weighted by atomic mass is 32.2. The fraction of sp³-hybridized carbons (Fsp3) is 0.438. The monoisotopic (exact) mass is 337 g/mol. The van der Waals surface area contributed by atoms with Crippen LogP contribution in [0, 0.1) is 0 Å². The lowest BCUT2D eigenvalue weighted by Gasteiger charge is -2.12. The maximum atomic E-state index is 12.2. The van der Waals surface area contributed by atoms with Crippen molar-refractivity contribution in [1.29, 1.82) is 0 Å². The topological polar surface area (TPSA) is 78.6 Å². The number of carbonyl (C=O) groups excluding carboxylic acids is 2. The number of para-hydroxylation sites is 2. The standard InChI is InChI=1S/C16H19NO5S/c1-3-4-9-21-15(19)13(10-14(18)20-2)23-16-17-11-7-5-6-8-12(11)22-16/h5-8,13H,3-4,9-10H2,1-2H3. The van der Waals surface area contributed by atoms with E-state index in [2.05, 4.69) is 9.72 Å². The van der Waals surface area contributed by atoms with Gasteiger partial charge in [0.2, 0.25) is 0 Å². The molecule has 2 aromatic rings. The molecule has 0 saturated heterocycles. The van der Waals surface area contributed by atoms with Gasteiger partial charge in [0, 0.05) is 0 Å². The summed E-state index contributed by atoms with van der Waals surface area (Å²) in [4.78, 5) is 28.0. The van der Waals surface area contributed by atoms with Crippen LogP contribution in [0.15, 0.2) is 33.9 Å². The lowest BCUT2D eigenvalue weighted by molar-refractivity contribution is -0.148. The van der Waals surface area contributed by atoms with Crippen molar-refractivity contribution in [3.63, 3.8) is 0 Å². The third-order valence-electron chi connectivity index (χ3n) is 3.10. The van der Waals surface area contributed by atoms with Gasteiger partial charge < -0.3 is 13.9 Å². The average molecular weight is 337 g/mol. The number of aromatic nitrogens is 1. The predicted molar refractivity (Wildman–Crippen MR) is 86.2 cm³/mol.